The summed E-state index contributed by atoms with van der Waals surface area (Å²) in [6, 6.07) is 12.4. The highest BCUT2D eigenvalue weighted by Crippen LogP contribution is 2.51. The molecule has 1 aliphatic rings. The molecule has 1 unspecified atom stereocenters. The second-order valence-corrected chi connectivity index (χ2v) is 5.21. The van der Waals surface area contributed by atoms with Crippen LogP contribution in [0.3, 0.4) is 0 Å². The number of aromatic nitrogens is 1. The summed E-state index contributed by atoms with van der Waals surface area (Å²) >= 11 is 0. The number of aliphatic hydroxyl groups excluding tert-OH is 1. The van der Waals surface area contributed by atoms with Crippen molar-refractivity contribution in [1.82, 2.24) is 4.98 Å². The van der Waals surface area contributed by atoms with E-state index >= 15 is 0 Å². The molecule has 0 aliphatic heterocycles. The van der Waals surface area contributed by atoms with Crippen molar-refractivity contribution in [1.29, 1.82) is 0 Å². The molecule has 1 N–H and O–H groups in total. The van der Waals surface area contributed by atoms with Gasteiger partial charge in [0.25, 0.3) is 0 Å². The summed E-state index contributed by atoms with van der Waals surface area (Å²) in [6.07, 6.45) is 2.92. The second-order valence-electron chi connectivity index (χ2n) is 5.21. The van der Waals surface area contributed by atoms with Crippen molar-refractivity contribution < 1.29 is 5.11 Å². The second kappa shape index (κ2) is 3.81. The Hall–Kier alpha value is -1.41. The lowest BCUT2D eigenvalue weighted by Crippen LogP contribution is -2.21. The lowest BCUT2D eigenvalue weighted by molar-refractivity contribution is 0.110. The van der Waals surface area contributed by atoms with Crippen LogP contribution in [0.5, 0.6) is 0 Å². The molecule has 0 bridgehead atoms. The van der Waals surface area contributed by atoms with Crippen molar-refractivity contribution in [3.8, 4) is 0 Å². The molecule has 88 valence electrons. The summed E-state index contributed by atoms with van der Waals surface area (Å²) in [6.45, 7) is 1.90. The van der Waals surface area contributed by atoms with Crippen molar-refractivity contribution in [2.75, 3.05) is 0 Å². The lowest BCUT2D eigenvalue weighted by Gasteiger charge is -2.17. The Morgan fingerprint density at radius 1 is 1.24 bits per heavy atom. The highest BCUT2D eigenvalue weighted by molar-refractivity contribution is 5.78. The number of hydrogen-bond acceptors (Lipinski definition) is 2. The van der Waals surface area contributed by atoms with Crippen LogP contribution in [0.15, 0.2) is 36.4 Å². The van der Waals surface area contributed by atoms with Gasteiger partial charge in [-0.25, -0.2) is 0 Å². The van der Waals surface area contributed by atoms with Gasteiger partial charge in [0.05, 0.1) is 11.6 Å². The molecular weight excluding hydrogens is 210 g/mol. The average Bonchev–Trinajstić information content (AvgIpc) is 3.10. The minimum atomic E-state index is -0.226. The molecule has 1 aromatic carbocycles. The molecule has 1 fully saturated rings. The van der Waals surface area contributed by atoms with E-state index in [0.717, 1.165) is 30.5 Å². The molecule has 3 rings (SSSR count). The van der Waals surface area contributed by atoms with Crippen molar-refractivity contribution >= 4 is 10.9 Å². The monoisotopic (exact) mass is 227 g/mol. The van der Waals surface area contributed by atoms with Gasteiger partial charge in [-0.2, -0.15) is 0 Å². The Morgan fingerprint density at radius 3 is 2.71 bits per heavy atom. The van der Waals surface area contributed by atoms with Gasteiger partial charge in [0, 0.05) is 16.5 Å². The van der Waals surface area contributed by atoms with Crippen molar-refractivity contribution in [2.45, 2.75) is 32.3 Å². The lowest BCUT2D eigenvalue weighted by atomic mass is 9.94. The largest absolute Gasteiger partial charge is 0.393 e. The van der Waals surface area contributed by atoms with Crippen molar-refractivity contribution in [2.24, 2.45) is 5.41 Å². The molecule has 1 atom stereocenters. The van der Waals surface area contributed by atoms with Crippen LogP contribution in [-0.4, -0.2) is 16.2 Å². The molecule has 2 aromatic rings. The van der Waals surface area contributed by atoms with Gasteiger partial charge < -0.3 is 5.11 Å². The van der Waals surface area contributed by atoms with Gasteiger partial charge in [-0.1, -0.05) is 24.3 Å². The molecular formula is C15H17NO. The Morgan fingerprint density at radius 2 is 2.00 bits per heavy atom. The summed E-state index contributed by atoms with van der Waals surface area (Å²) in [5.41, 5.74) is 2.25. The van der Waals surface area contributed by atoms with E-state index in [4.69, 9.17) is 0 Å². The maximum Gasteiger partial charge on any atom is 0.0705 e. The maximum absolute atomic E-state index is 9.79. The third-order valence-electron chi connectivity index (χ3n) is 3.97. The molecule has 1 saturated carbocycles. The van der Waals surface area contributed by atoms with Gasteiger partial charge in [-0.05, 0) is 38.3 Å². The Balaban J connectivity index is 1.91. The van der Waals surface area contributed by atoms with E-state index in [1.54, 1.807) is 0 Å². The van der Waals surface area contributed by atoms with Crippen LogP contribution < -0.4 is 0 Å². The topological polar surface area (TPSA) is 33.1 Å². The first-order valence-corrected chi connectivity index (χ1v) is 6.22. The van der Waals surface area contributed by atoms with Crippen molar-refractivity contribution in [3.05, 3.63) is 42.1 Å². The predicted octanol–water partition coefficient (Wildman–Crippen LogP) is 2.94. The number of benzene rings is 1. The number of rotatable bonds is 3. The fourth-order valence-corrected chi connectivity index (χ4v) is 2.47. The molecule has 2 heteroatoms. The number of hydrogen-bond donors (Lipinski definition) is 1. The molecule has 1 heterocycles. The number of aliphatic hydroxyl groups is 1. The quantitative estimate of drug-likeness (QED) is 0.874. The number of para-hydroxylation sites is 1. The van der Waals surface area contributed by atoms with Gasteiger partial charge >= 0.3 is 0 Å². The van der Waals surface area contributed by atoms with Crippen LogP contribution in [-0.2, 0) is 6.42 Å². The Labute approximate surface area is 101 Å². The minimum Gasteiger partial charge on any atom is -0.393 e. The van der Waals surface area contributed by atoms with Crippen LogP contribution in [0.4, 0.5) is 0 Å². The van der Waals surface area contributed by atoms with E-state index < -0.39 is 0 Å². The summed E-state index contributed by atoms with van der Waals surface area (Å²) in [4.78, 5) is 4.67. The molecule has 1 aliphatic carbocycles. The summed E-state index contributed by atoms with van der Waals surface area (Å²) < 4.78 is 0. The van der Waals surface area contributed by atoms with Crippen LogP contribution in [0.1, 0.15) is 25.5 Å². The van der Waals surface area contributed by atoms with Crippen molar-refractivity contribution in [3.63, 3.8) is 0 Å². The summed E-state index contributed by atoms with van der Waals surface area (Å²) in [5, 5.41) is 11.0. The van der Waals surface area contributed by atoms with E-state index in [1.165, 1.54) is 5.39 Å². The van der Waals surface area contributed by atoms with E-state index in [9.17, 15) is 5.11 Å². The number of fused-ring (bicyclic) bond motifs is 1. The fraction of sp³-hybridized carbons (Fsp3) is 0.400. The zero-order chi connectivity index (χ0) is 11.9. The highest BCUT2D eigenvalue weighted by atomic mass is 16.3. The molecule has 0 spiro atoms. The Bertz CT molecular complexity index is 543. The molecule has 0 amide bonds. The van der Waals surface area contributed by atoms with Gasteiger partial charge in [-0.3, -0.25) is 4.98 Å². The van der Waals surface area contributed by atoms with Gasteiger partial charge in [0.15, 0.2) is 0 Å². The molecule has 0 radical (unpaired) electrons. The predicted molar refractivity (Wildman–Crippen MR) is 68.8 cm³/mol. The van der Waals surface area contributed by atoms with E-state index in [1.807, 2.05) is 25.1 Å². The van der Waals surface area contributed by atoms with Gasteiger partial charge in [0.2, 0.25) is 0 Å². The molecule has 1 aromatic heterocycles. The van der Waals surface area contributed by atoms with Gasteiger partial charge in [-0.15, -0.1) is 0 Å². The minimum absolute atomic E-state index is 0.107. The first-order chi connectivity index (χ1) is 8.20. The van der Waals surface area contributed by atoms with Crippen LogP contribution in [0.25, 0.3) is 10.9 Å². The van der Waals surface area contributed by atoms with Crippen LogP contribution in [0.2, 0.25) is 0 Å². The zero-order valence-corrected chi connectivity index (χ0v) is 10.1. The zero-order valence-electron chi connectivity index (χ0n) is 10.1. The number of pyridine rings is 1. The standard InChI is InChI=1S/C15H17NO/c1-11(17)15(8-9-15)10-13-7-6-12-4-2-3-5-14(12)16-13/h2-7,11,17H,8-10H2,1H3. The van der Waals surface area contributed by atoms with Crippen LogP contribution >= 0.6 is 0 Å². The highest BCUT2D eigenvalue weighted by Gasteiger charge is 2.46. The first kappa shape index (κ1) is 10.7. The van der Waals surface area contributed by atoms with E-state index in [-0.39, 0.29) is 11.5 Å². The molecule has 0 saturated heterocycles. The fourth-order valence-electron chi connectivity index (χ4n) is 2.47. The third-order valence-corrected chi connectivity index (χ3v) is 3.97. The Kier molecular flexibility index (Phi) is 2.40. The summed E-state index contributed by atoms with van der Waals surface area (Å²) in [5.74, 6) is 0. The van der Waals surface area contributed by atoms with E-state index in [0.29, 0.717) is 0 Å². The van der Waals surface area contributed by atoms with Gasteiger partial charge in [0.1, 0.15) is 0 Å². The molecule has 2 nitrogen and oxygen atoms in total. The third kappa shape index (κ3) is 1.93. The normalized spacial score (nSPS) is 19.2. The first-order valence-electron chi connectivity index (χ1n) is 6.22. The smallest absolute Gasteiger partial charge is 0.0705 e. The SMILES string of the molecule is CC(O)C1(Cc2ccc3ccccc3n2)CC1. The average molecular weight is 227 g/mol. The summed E-state index contributed by atoms with van der Waals surface area (Å²) in [7, 11) is 0. The van der Waals surface area contributed by atoms with Crippen LogP contribution in [0, 0.1) is 5.41 Å². The maximum atomic E-state index is 9.79. The molecule has 17 heavy (non-hydrogen) atoms. The number of nitrogens with zero attached hydrogens (tertiary/aromatic N) is 1. The van der Waals surface area contributed by atoms with E-state index in [2.05, 4.69) is 23.2 Å².